The van der Waals surface area contributed by atoms with E-state index >= 15 is 0 Å². The maximum atomic E-state index is 5.57. The number of anilines is 1. The molecule has 1 aromatic heterocycles. The smallest absolute Gasteiger partial charge is 0.146 e. The zero-order valence-electron chi connectivity index (χ0n) is 9.63. The van der Waals surface area contributed by atoms with Crippen molar-refractivity contribution in [3.63, 3.8) is 0 Å². The van der Waals surface area contributed by atoms with E-state index in [1.165, 1.54) is 30.4 Å². The van der Waals surface area contributed by atoms with Crippen LogP contribution in [0.2, 0.25) is 0 Å². The summed E-state index contributed by atoms with van der Waals surface area (Å²) in [6.07, 6.45) is 3.92. The minimum absolute atomic E-state index is 0.467. The predicted octanol–water partition coefficient (Wildman–Crippen LogP) is 2.99. The van der Waals surface area contributed by atoms with E-state index in [4.69, 9.17) is 5.73 Å². The Balaban J connectivity index is 2.04. The van der Waals surface area contributed by atoms with Gasteiger partial charge in [0.1, 0.15) is 5.82 Å². The number of aromatic nitrogens is 2. The van der Waals surface area contributed by atoms with Gasteiger partial charge in [-0.15, -0.1) is 10.2 Å². The van der Waals surface area contributed by atoms with E-state index in [1.54, 1.807) is 6.07 Å². The molecule has 0 aliphatic heterocycles. The summed E-state index contributed by atoms with van der Waals surface area (Å²) >= 11 is 0. The average Bonchev–Trinajstić information content (AvgIpc) is 2.29. The van der Waals surface area contributed by atoms with Crippen LogP contribution in [0.3, 0.4) is 0 Å². The molecule has 1 saturated carbocycles. The summed E-state index contributed by atoms with van der Waals surface area (Å²) in [6, 6.07) is 12.2. The summed E-state index contributed by atoms with van der Waals surface area (Å²) < 4.78 is 0. The molecular formula is C14H15N3. The summed E-state index contributed by atoms with van der Waals surface area (Å²) in [5.74, 6) is 1.17. The second-order valence-corrected chi connectivity index (χ2v) is 4.56. The summed E-state index contributed by atoms with van der Waals surface area (Å²) in [6.45, 7) is 0. The third-order valence-corrected chi connectivity index (χ3v) is 3.47. The Morgan fingerprint density at radius 2 is 1.82 bits per heavy atom. The van der Waals surface area contributed by atoms with Crippen LogP contribution in [0.4, 0.5) is 5.82 Å². The van der Waals surface area contributed by atoms with Crippen molar-refractivity contribution >= 4 is 5.82 Å². The fraction of sp³-hybridized carbons (Fsp3) is 0.286. The minimum Gasteiger partial charge on any atom is -0.382 e. The molecule has 1 heterocycles. The molecule has 1 aromatic carbocycles. The van der Waals surface area contributed by atoms with Crippen molar-refractivity contribution in [2.75, 3.05) is 5.73 Å². The van der Waals surface area contributed by atoms with Crippen molar-refractivity contribution < 1.29 is 0 Å². The van der Waals surface area contributed by atoms with Gasteiger partial charge in [0.05, 0.1) is 5.69 Å². The molecule has 0 amide bonds. The molecule has 2 aromatic rings. The van der Waals surface area contributed by atoms with Gasteiger partial charge in [0, 0.05) is 5.56 Å². The van der Waals surface area contributed by atoms with Crippen LogP contribution in [0.1, 0.15) is 30.7 Å². The molecule has 0 bridgehead atoms. The van der Waals surface area contributed by atoms with Gasteiger partial charge in [-0.1, -0.05) is 30.7 Å². The highest BCUT2D eigenvalue weighted by Crippen LogP contribution is 2.40. The Morgan fingerprint density at radius 3 is 2.47 bits per heavy atom. The fourth-order valence-electron chi connectivity index (χ4n) is 2.29. The van der Waals surface area contributed by atoms with Gasteiger partial charge in [-0.25, -0.2) is 0 Å². The standard InChI is InChI=1S/C14H15N3/c15-14-9-8-13(16-17-14)12-7-2-1-6-11(12)10-4-3-5-10/h1-2,6-10H,3-5H2,(H2,15,17). The van der Waals surface area contributed by atoms with Gasteiger partial charge in [-0.2, -0.15) is 0 Å². The second kappa shape index (κ2) is 4.17. The molecule has 1 aliphatic carbocycles. The van der Waals surface area contributed by atoms with Gasteiger partial charge in [-0.3, -0.25) is 0 Å². The zero-order chi connectivity index (χ0) is 11.7. The molecule has 1 aliphatic rings. The molecule has 3 nitrogen and oxygen atoms in total. The molecular weight excluding hydrogens is 210 g/mol. The van der Waals surface area contributed by atoms with Gasteiger partial charge in [-0.05, 0) is 36.5 Å². The highest BCUT2D eigenvalue weighted by atomic mass is 15.1. The van der Waals surface area contributed by atoms with Crippen LogP contribution in [-0.2, 0) is 0 Å². The molecule has 3 heteroatoms. The summed E-state index contributed by atoms with van der Waals surface area (Å²) in [5.41, 5.74) is 9.08. The number of nitrogens with two attached hydrogens (primary N) is 1. The SMILES string of the molecule is Nc1ccc(-c2ccccc2C2CCC2)nn1. The molecule has 3 rings (SSSR count). The lowest BCUT2D eigenvalue weighted by Crippen LogP contribution is -2.10. The van der Waals surface area contributed by atoms with Crippen molar-refractivity contribution in [2.24, 2.45) is 0 Å². The Kier molecular flexibility index (Phi) is 2.52. The normalized spacial score (nSPS) is 15.5. The van der Waals surface area contributed by atoms with Crippen LogP contribution in [-0.4, -0.2) is 10.2 Å². The van der Waals surface area contributed by atoms with Crippen LogP contribution in [0.15, 0.2) is 36.4 Å². The van der Waals surface area contributed by atoms with E-state index in [2.05, 4.69) is 34.5 Å². The largest absolute Gasteiger partial charge is 0.382 e. The average molecular weight is 225 g/mol. The van der Waals surface area contributed by atoms with E-state index in [0.717, 1.165) is 5.69 Å². The summed E-state index contributed by atoms with van der Waals surface area (Å²) in [4.78, 5) is 0. The van der Waals surface area contributed by atoms with Crippen molar-refractivity contribution in [1.29, 1.82) is 0 Å². The van der Waals surface area contributed by atoms with E-state index in [0.29, 0.717) is 11.7 Å². The second-order valence-electron chi connectivity index (χ2n) is 4.56. The third kappa shape index (κ3) is 1.88. The topological polar surface area (TPSA) is 51.8 Å². The number of nitrogen functional groups attached to an aromatic ring is 1. The maximum Gasteiger partial charge on any atom is 0.146 e. The van der Waals surface area contributed by atoms with Gasteiger partial charge in [0.15, 0.2) is 0 Å². The van der Waals surface area contributed by atoms with Gasteiger partial charge in [0.25, 0.3) is 0 Å². The van der Waals surface area contributed by atoms with Crippen molar-refractivity contribution in [3.05, 3.63) is 42.0 Å². The predicted molar refractivity (Wildman–Crippen MR) is 68.5 cm³/mol. The lowest BCUT2D eigenvalue weighted by atomic mass is 9.78. The van der Waals surface area contributed by atoms with Gasteiger partial charge < -0.3 is 5.73 Å². The van der Waals surface area contributed by atoms with Crippen LogP contribution < -0.4 is 5.73 Å². The molecule has 0 spiro atoms. The van der Waals surface area contributed by atoms with E-state index in [1.807, 2.05) is 6.07 Å². The van der Waals surface area contributed by atoms with Crippen LogP contribution in [0.25, 0.3) is 11.3 Å². The fourth-order valence-corrected chi connectivity index (χ4v) is 2.29. The number of benzene rings is 1. The molecule has 86 valence electrons. The Morgan fingerprint density at radius 1 is 1.00 bits per heavy atom. The summed E-state index contributed by atoms with van der Waals surface area (Å²) in [7, 11) is 0. The lowest BCUT2D eigenvalue weighted by molar-refractivity contribution is 0.420. The maximum absolute atomic E-state index is 5.57. The third-order valence-electron chi connectivity index (χ3n) is 3.47. The van der Waals surface area contributed by atoms with Crippen LogP contribution in [0.5, 0.6) is 0 Å². The van der Waals surface area contributed by atoms with Crippen molar-refractivity contribution in [2.45, 2.75) is 25.2 Å². The van der Waals surface area contributed by atoms with Crippen molar-refractivity contribution in [1.82, 2.24) is 10.2 Å². The first-order valence-corrected chi connectivity index (χ1v) is 6.03. The number of hydrogen-bond acceptors (Lipinski definition) is 3. The van der Waals surface area contributed by atoms with Gasteiger partial charge in [0.2, 0.25) is 0 Å². The Labute approximate surface area is 101 Å². The number of nitrogens with zero attached hydrogens (tertiary/aromatic N) is 2. The zero-order valence-corrected chi connectivity index (χ0v) is 9.63. The lowest BCUT2D eigenvalue weighted by Gasteiger charge is -2.27. The number of rotatable bonds is 2. The molecule has 0 saturated heterocycles. The summed E-state index contributed by atoms with van der Waals surface area (Å²) in [5, 5.41) is 8.10. The highest BCUT2D eigenvalue weighted by Gasteiger charge is 2.22. The molecule has 1 fully saturated rings. The first-order chi connectivity index (χ1) is 8.34. The van der Waals surface area contributed by atoms with Gasteiger partial charge >= 0.3 is 0 Å². The first kappa shape index (κ1) is 10.3. The van der Waals surface area contributed by atoms with Crippen molar-refractivity contribution in [3.8, 4) is 11.3 Å². The van der Waals surface area contributed by atoms with Crippen LogP contribution in [0, 0.1) is 0 Å². The molecule has 0 atom stereocenters. The first-order valence-electron chi connectivity index (χ1n) is 6.03. The quantitative estimate of drug-likeness (QED) is 0.854. The molecule has 17 heavy (non-hydrogen) atoms. The molecule has 2 N–H and O–H groups in total. The minimum atomic E-state index is 0.467. The molecule has 0 radical (unpaired) electrons. The molecule has 0 unspecified atom stereocenters. The Hall–Kier alpha value is -1.90. The Bertz CT molecular complexity index is 515. The van der Waals surface area contributed by atoms with E-state index in [-0.39, 0.29) is 0 Å². The van der Waals surface area contributed by atoms with Crippen LogP contribution >= 0.6 is 0 Å². The highest BCUT2D eigenvalue weighted by molar-refractivity contribution is 5.64. The monoisotopic (exact) mass is 225 g/mol. The van der Waals surface area contributed by atoms with E-state index < -0.39 is 0 Å². The van der Waals surface area contributed by atoms with E-state index in [9.17, 15) is 0 Å². The number of hydrogen-bond donors (Lipinski definition) is 1.